The van der Waals surface area contributed by atoms with Gasteiger partial charge in [0.2, 0.25) is 0 Å². The number of aliphatic hydroxyl groups is 1. The Morgan fingerprint density at radius 2 is 2.45 bits per heavy atom. The molecule has 0 amide bonds. The molecule has 1 saturated carbocycles. The lowest BCUT2D eigenvalue weighted by molar-refractivity contribution is -0.156. The zero-order valence-corrected chi connectivity index (χ0v) is 6.28. The number of esters is 1. The first-order chi connectivity index (χ1) is 5.05. The summed E-state index contributed by atoms with van der Waals surface area (Å²) < 4.78 is 4.96. The number of hydrogen-bond acceptors (Lipinski definition) is 4. The second kappa shape index (κ2) is 1.76. The van der Waals surface area contributed by atoms with Gasteiger partial charge in [-0.3, -0.25) is 4.79 Å². The van der Waals surface area contributed by atoms with Gasteiger partial charge in [-0.25, -0.2) is 0 Å². The van der Waals surface area contributed by atoms with Gasteiger partial charge in [-0.05, 0) is 13.3 Å². The molecule has 0 aromatic rings. The summed E-state index contributed by atoms with van der Waals surface area (Å²) in [5, 5.41) is 9.50. The van der Waals surface area contributed by atoms with Crippen molar-refractivity contribution in [3.05, 3.63) is 0 Å². The fraction of sp³-hybridized carbons (Fsp3) is 0.857. The number of rotatable bonds is 0. The highest BCUT2D eigenvalue weighted by atomic mass is 16.6. The Bertz CT molecular complexity index is 218. The molecule has 0 unspecified atom stereocenters. The quantitative estimate of drug-likeness (QED) is 0.443. The summed E-state index contributed by atoms with van der Waals surface area (Å²) in [7, 11) is 0. The van der Waals surface area contributed by atoms with Crippen molar-refractivity contribution in [3.63, 3.8) is 0 Å². The van der Waals surface area contributed by atoms with E-state index in [0.717, 1.165) is 0 Å². The maximum atomic E-state index is 11.0. The van der Waals surface area contributed by atoms with Gasteiger partial charge in [-0.2, -0.15) is 0 Å². The Kier molecular flexibility index (Phi) is 1.13. The van der Waals surface area contributed by atoms with Crippen LogP contribution < -0.4 is 5.73 Å². The first-order valence-corrected chi connectivity index (χ1v) is 3.72. The number of ether oxygens (including phenoxy) is 1. The molecule has 2 fully saturated rings. The molecule has 4 nitrogen and oxygen atoms in total. The number of carbonyl (C=O) groups excluding carboxylic acids is 1. The van der Waals surface area contributed by atoms with Gasteiger partial charge in [0.05, 0.1) is 5.92 Å². The van der Waals surface area contributed by atoms with Crippen LogP contribution in [0.5, 0.6) is 0 Å². The summed E-state index contributed by atoms with van der Waals surface area (Å²) in [6.07, 6.45) is -0.152. The predicted molar refractivity (Wildman–Crippen MR) is 36.6 cm³/mol. The van der Waals surface area contributed by atoms with E-state index in [9.17, 15) is 9.90 Å². The molecule has 2 bridgehead atoms. The fourth-order valence-corrected chi connectivity index (χ4v) is 1.91. The number of carbonyl (C=O) groups is 1. The van der Waals surface area contributed by atoms with Crippen molar-refractivity contribution in [2.75, 3.05) is 0 Å². The molecule has 0 aromatic carbocycles. The van der Waals surface area contributed by atoms with Crippen LogP contribution in [-0.2, 0) is 9.53 Å². The van der Waals surface area contributed by atoms with Crippen molar-refractivity contribution in [1.29, 1.82) is 0 Å². The largest absolute Gasteiger partial charge is 0.455 e. The topological polar surface area (TPSA) is 72.5 Å². The number of fused-ring (bicyclic) bond motifs is 2. The molecule has 0 spiro atoms. The van der Waals surface area contributed by atoms with Crippen LogP contribution in [0.3, 0.4) is 0 Å². The van der Waals surface area contributed by atoms with E-state index in [1.165, 1.54) is 0 Å². The summed E-state index contributed by atoms with van der Waals surface area (Å²) >= 11 is 0. The third kappa shape index (κ3) is 0.636. The summed E-state index contributed by atoms with van der Waals surface area (Å²) in [4.78, 5) is 11.0. The normalized spacial score (nSPS) is 54.8. The van der Waals surface area contributed by atoms with Crippen molar-refractivity contribution >= 4 is 5.97 Å². The standard InChI is InChI=1S/C7H11NO3/c1-7-4(8)2-3(5(7)9)6(10)11-7/h3-5,9H,2,8H2,1H3/t3-,4-,5-,7+/m0/s1. The van der Waals surface area contributed by atoms with Gasteiger partial charge in [0.25, 0.3) is 0 Å². The van der Waals surface area contributed by atoms with E-state index in [4.69, 9.17) is 10.5 Å². The molecule has 11 heavy (non-hydrogen) atoms. The highest BCUT2D eigenvalue weighted by Crippen LogP contribution is 2.44. The lowest BCUT2D eigenvalue weighted by atomic mass is 9.99. The number of nitrogens with two attached hydrogens (primary N) is 1. The van der Waals surface area contributed by atoms with Gasteiger partial charge in [-0.1, -0.05) is 0 Å². The predicted octanol–water partition coefficient (Wildman–Crippen LogP) is -0.990. The van der Waals surface area contributed by atoms with E-state index in [2.05, 4.69) is 0 Å². The van der Waals surface area contributed by atoms with Gasteiger partial charge >= 0.3 is 5.97 Å². The van der Waals surface area contributed by atoms with Gasteiger partial charge < -0.3 is 15.6 Å². The van der Waals surface area contributed by atoms with E-state index in [1.807, 2.05) is 0 Å². The van der Waals surface area contributed by atoms with Gasteiger partial charge in [0.15, 0.2) is 5.60 Å². The maximum absolute atomic E-state index is 11.0. The minimum Gasteiger partial charge on any atom is -0.455 e. The van der Waals surface area contributed by atoms with Crippen molar-refractivity contribution in [3.8, 4) is 0 Å². The Hall–Kier alpha value is -0.610. The molecule has 0 aromatic heterocycles. The molecular formula is C7H11NO3. The van der Waals surface area contributed by atoms with Crippen molar-refractivity contribution in [1.82, 2.24) is 0 Å². The Morgan fingerprint density at radius 1 is 1.82 bits per heavy atom. The second-order valence-corrected chi connectivity index (χ2v) is 3.50. The van der Waals surface area contributed by atoms with Crippen LogP contribution in [0.4, 0.5) is 0 Å². The summed E-state index contributed by atoms with van der Waals surface area (Å²) in [5.74, 6) is -0.684. The molecule has 1 aliphatic heterocycles. The van der Waals surface area contributed by atoms with Crippen LogP contribution in [-0.4, -0.2) is 28.8 Å². The number of aliphatic hydroxyl groups excluding tert-OH is 1. The molecule has 2 rings (SSSR count). The van der Waals surface area contributed by atoms with E-state index in [1.54, 1.807) is 6.92 Å². The van der Waals surface area contributed by atoms with E-state index >= 15 is 0 Å². The zero-order chi connectivity index (χ0) is 8.22. The first-order valence-electron chi connectivity index (χ1n) is 3.72. The zero-order valence-electron chi connectivity index (χ0n) is 6.28. The van der Waals surface area contributed by atoms with Gasteiger partial charge in [0.1, 0.15) is 6.10 Å². The Labute approximate surface area is 64.3 Å². The minimum absolute atomic E-state index is 0.208. The SMILES string of the molecule is C[C@@]12OC(=O)[C@@H](C[C@@H]1N)[C@@H]2O. The minimum atomic E-state index is -0.818. The molecule has 1 saturated heterocycles. The average Bonchev–Trinajstić information content (AvgIpc) is 2.23. The summed E-state index contributed by atoms with van der Waals surface area (Å²) in [5.41, 5.74) is 4.85. The van der Waals surface area contributed by atoms with Crippen LogP contribution in [0.1, 0.15) is 13.3 Å². The molecule has 1 aliphatic carbocycles. The third-order valence-electron chi connectivity index (χ3n) is 2.84. The van der Waals surface area contributed by atoms with E-state index in [0.29, 0.717) is 6.42 Å². The molecular weight excluding hydrogens is 146 g/mol. The number of hydrogen-bond donors (Lipinski definition) is 2. The molecule has 0 radical (unpaired) electrons. The Balaban J connectivity index is 2.37. The van der Waals surface area contributed by atoms with Crippen molar-refractivity contribution < 1.29 is 14.6 Å². The molecule has 4 atom stereocenters. The summed E-state index contributed by atoms with van der Waals surface area (Å²) in [6, 6.07) is -0.208. The van der Waals surface area contributed by atoms with E-state index < -0.39 is 11.7 Å². The third-order valence-corrected chi connectivity index (χ3v) is 2.84. The van der Waals surface area contributed by atoms with Gasteiger partial charge in [0, 0.05) is 6.04 Å². The summed E-state index contributed by atoms with van der Waals surface area (Å²) in [6.45, 7) is 1.69. The molecule has 2 aliphatic rings. The van der Waals surface area contributed by atoms with Crippen LogP contribution in [0.25, 0.3) is 0 Å². The van der Waals surface area contributed by atoms with Crippen LogP contribution in [0, 0.1) is 5.92 Å². The molecule has 4 heteroatoms. The molecule has 1 heterocycles. The fourth-order valence-electron chi connectivity index (χ4n) is 1.91. The average molecular weight is 157 g/mol. The van der Waals surface area contributed by atoms with E-state index in [-0.39, 0.29) is 17.9 Å². The smallest absolute Gasteiger partial charge is 0.312 e. The first kappa shape index (κ1) is 7.06. The monoisotopic (exact) mass is 157 g/mol. The van der Waals surface area contributed by atoms with Crippen LogP contribution in [0.15, 0.2) is 0 Å². The molecule has 3 N–H and O–H groups in total. The van der Waals surface area contributed by atoms with Crippen molar-refractivity contribution in [2.24, 2.45) is 11.7 Å². The Morgan fingerprint density at radius 3 is 2.73 bits per heavy atom. The van der Waals surface area contributed by atoms with Crippen LogP contribution in [0.2, 0.25) is 0 Å². The lowest BCUT2D eigenvalue weighted by Gasteiger charge is -2.28. The van der Waals surface area contributed by atoms with Crippen molar-refractivity contribution in [2.45, 2.75) is 31.1 Å². The van der Waals surface area contributed by atoms with Crippen LogP contribution >= 0.6 is 0 Å². The lowest BCUT2D eigenvalue weighted by Crippen LogP contribution is -2.48. The highest BCUT2D eigenvalue weighted by Gasteiger charge is 2.62. The maximum Gasteiger partial charge on any atom is 0.312 e. The van der Waals surface area contributed by atoms with Gasteiger partial charge in [-0.15, -0.1) is 0 Å². The highest BCUT2D eigenvalue weighted by molar-refractivity contribution is 5.78. The molecule has 62 valence electrons. The second-order valence-electron chi connectivity index (χ2n) is 3.50.